The van der Waals surface area contributed by atoms with Crippen molar-refractivity contribution in [1.29, 1.82) is 0 Å². The normalized spacial score (nSPS) is 21.1. The lowest BCUT2D eigenvalue weighted by Crippen LogP contribution is -2.53. The van der Waals surface area contributed by atoms with E-state index in [0.717, 1.165) is 11.1 Å². The Kier molecular flexibility index (Phi) is 8.60. The summed E-state index contributed by atoms with van der Waals surface area (Å²) in [6.07, 6.45) is 0.849. The smallest absolute Gasteiger partial charge is 0.248 e. The Labute approximate surface area is 188 Å². The van der Waals surface area contributed by atoms with E-state index in [1.54, 1.807) is 5.48 Å². The van der Waals surface area contributed by atoms with Gasteiger partial charge in [0.25, 0.3) is 0 Å². The van der Waals surface area contributed by atoms with Crippen LogP contribution in [0.25, 0.3) is 0 Å². The first-order valence-corrected chi connectivity index (χ1v) is 11.3. The van der Waals surface area contributed by atoms with Crippen LogP contribution in [0.15, 0.2) is 24.3 Å². The molecule has 1 aromatic carbocycles. The highest BCUT2D eigenvalue weighted by molar-refractivity contribution is 5.92. The van der Waals surface area contributed by atoms with Crippen molar-refractivity contribution in [3.05, 3.63) is 35.4 Å². The van der Waals surface area contributed by atoms with Crippen LogP contribution < -0.4 is 16.1 Å². The van der Waals surface area contributed by atoms with E-state index in [9.17, 15) is 19.6 Å². The Morgan fingerprint density at radius 2 is 1.84 bits per heavy atom. The molecule has 3 amide bonds. The molecule has 0 saturated carbocycles. The first kappa shape index (κ1) is 24.2. The maximum atomic E-state index is 13.4. The predicted octanol–water partition coefficient (Wildman–Crippen LogP) is 0.460. The van der Waals surface area contributed by atoms with E-state index < -0.39 is 23.8 Å². The zero-order valence-electron chi connectivity index (χ0n) is 18.8. The predicted molar refractivity (Wildman–Crippen MR) is 118 cm³/mol. The number of hydrogen-bond donors (Lipinski definition) is 4. The highest BCUT2D eigenvalue weighted by atomic mass is 16.5. The third kappa shape index (κ3) is 6.27. The summed E-state index contributed by atoms with van der Waals surface area (Å²) in [4.78, 5) is 40.8. The number of nitrogens with one attached hydrogen (secondary N) is 3. The van der Waals surface area contributed by atoms with Crippen LogP contribution in [0.4, 0.5) is 0 Å². The number of rotatable bonds is 8. The van der Waals surface area contributed by atoms with Gasteiger partial charge in [0.05, 0.1) is 25.0 Å². The summed E-state index contributed by atoms with van der Waals surface area (Å²) >= 11 is 0. The minimum Gasteiger partial charge on any atom is -0.379 e. The quantitative estimate of drug-likeness (QED) is 0.340. The first-order valence-electron chi connectivity index (χ1n) is 11.3. The number of hydrogen-bond acceptors (Lipinski definition) is 6. The van der Waals surface area contributed by atoms with Gasteiger partial charge in [0.1, 0.15) is 6.04 Å². The molecule has 0 radical (unpaired) electrons. The molecule has 176 valence electrons. The van der Waals surface area contributed by atoms with Gasteiger partial charge in [0, 0.05) is 32.6 Å². The lowest BCUT2D eigenvalue weighted by Gasteiger charge is -2.33. The molecule has 9 nitrogen and oxygen atoms in total. The Bertz CT molecular complexity index is 809. The first-order chi connectivity index (χ1) is 15.4. The molecule has 3 atom stereocenters. The van der Waals surface area contributed by atoms with Crippen molar-refractivity contribution in [2.45, 2.75) is 39.3 Å². The van der Waals surface area contributed by atoms with Gasteiger partial charge in [-0.05, 0) is 23.5 Å². The average molecular weight is 447 g/mol. The standard InChI is InChI=1S/C23H34N4O5/c1-15(2)11-18(19(22(29)26-31)14-27-7-9-32-10-8-27)21(28)25-20-12-16-5-3-4-6-17(16)13-24-23(20)30/h3-6,15,18-20,31H,7-14H2,1-2H3,(H,24,30)(H,25,28)(H,26,29)/t18-,19-,20+/m1/s1. The second-order valence-corrected chi connectivity index (χ2v) is 8.98. The zero-order valence-corrected chi connectivity index (χ0v) is 18.8. The van der Waals surface area contributed by atoms with Crippen molar-refractivity contribution < 1.29 is 24.3 Å². The number of carbonyl (C=O) groups is 3. The van der Waals surface area contributed by atoms with E-state index in [0.29, 0.717) is 52.2 Å². The molecule has 2 aliphatic heterocycles. The van der Waals surface area contributed by atoms with E-state index >= 15 is 0 Å². The molecule has 32 heavy (non-hydrogen) atoms. The van der Waals surface area contributed by atoms with Crippen LogP contribution in [-0.4, -0.2) is 66.7 Å². The van der Waals surface area contributed by atoms with Gasteiger partial charge in [0.2, 0.25) is 17.7 Å². The second-order valence-electron chi connectivity index (χ2n) is 8.98. The molecule has 1 aromatic rings. The second kappa shape index (κ2) is 11.4. The summed E-state index contributed by atoms with van der Waals surface area (Å²) in [6, 6.07) is 7.04. The van der Waals surface area contributed by atoms with Gasteiger partial charge in [-0.2, -0.15) is 0 Å². The van der Waals surface area contributed by atoms with Crippen molar-refractivity contribution in [2.24, 2.45) is 17.8 Å². The molecule has 0 aliphatic carbocycles. The van der Waals surface area contributed by atoms with Gasteiger partial charge < -0.3 is 15.4 Å². The summed E-state index contributed by atoms with van der Waals surface area (Å²) in [6.45, 7) is 7.17. The molecule has 1 saturated heterocycles. The zero-order chi connectivity index (χ0) is 23.1. The highest BCUT2D eigenvalue weighted by Crippen LogP contribution is 2.24. The van der Waals surface area contributed by atoms with Crippen molar-refractivity contribution >= 4 is 17.7 Å². The topological polar surface area (TPSA) is 120 Å². The average Bonchev–Trinajstić information content (AvgIpc) is 2.95. The Morgan fingerprint density at radius 3 is 2.50 bits per heavy atom. The maximum absolute atomic E-state index is 13.4. The van der Waals surface area contributed by atoms with Crippen LogP contribution in [-0.2, 0) is 32.1 Å². The lowest BCUT2D eigenvalue weighted by atomic mass is 9.83. The summed E-state index contributed by atoms with van der Waals surface area (Å²) in [5.41, 5.74) is 3.78. The van der Waals surface area contributed by atoms with Crippen LogP contribution in [0.2, 0.25) is 0 Å². The number of morpholine rings is 1. The molecule has 2 aliphatic rings. The lowest BCUT2D eigenvalue weighted by molar-refractivity contribution is -0.143. The largest absolute Gasteiger partial charge is 0.379 e. The third-order valence-electron chi connectivity index (χ3n) is 6.18. The number of nitrogens with zero attached hydrogens (tertiary/aromatic N) is 1. The summed E-state index contributed by atoms with van der Waals surface area (Å²) in [7, 11) is 0. The molecule has 9 heteroatoms. The van der Waals surface area contributed by atoms with Crippen LogP contribution in [0, 0.1) is 17.8 Å². The number of ether oxygens (including phenoxy) is 1. The fraction of sp³-hybridized carbons (Fsp3) is 0.609. The third-order valence-corrected chi connectivity index (χ3v) is 6.18. The number of amides is 3. The molecule has 3 rings (SSSR count). The molecular formula is C23H34N4O5. The fourth-order valence-corrected chi connectivity index (χ4v) is 4.44. The van der Waals surface area contributed by atoms with E-state index in [2.05, 4.69) is 15.5 Å². The Balaban J connectivity index is 1.78. The molecule has 0 aromatic heterocycles. The fourth-order valence-electron chi connectivity index (χ4n) is 4.44. The van der Waals surface area contributed by atoms with Crippen molar-refractivity contribution in [2.75, 3.05) is 32.8 Å². The number of benzene rings is 1. The number of hydroxylamine groups is 1. The van der Waals surface area contributed by atoms with Crippen molar-refractivity contribution in [1.82, 2.24) is 21.0 Å². The summed E-state index contributed by atoms with van der Waals surface area (Å²) in [5, 5.41) is 15.1. The van der Waals surface area contributed by atoms with E-state index in [1.807, 2.05) is 38.1 Å². The maximum Gasteiger partial charge on any atom is 0.248 e. The van der Waals surface area contributed by atoms with E-state index in [4.69, 9.17) is 4.74 Å². The summed E-state index contributed by atoms with van der Waals surface area (Å²) in [5.74, 6) is -2.46. The monoisotopic (exact) mass is 446 g/mol. The Hall–Kier alpha value is -2.49. The van der Waals surface area contributed by atoms with Crippen molar-refractivity contribution in [3.8, 4) is 0 Å². The van der Waals surface area contributed by atoms with Crippen LogP contribution >= 0.6 is 0 Å². The molecule has 4 N–H and O–H groups in total. The Morgan fingerprint density at radius 1 is 1.16 bits per heavy atom. The summed E-state index contributed by atoms with van der Waals surface area (Å²) < 4.78 is 5.38. The highest BCUT2D eigenvalue weighted by Gasteiger charge is 2.37. The van der Waals surface area contributed by atoms with Gasteiger partial charge >= 0.3 is 0 Å². The van der Waals surface area contributed by atoms with Gasteiger partial charge in [-0.25, -0.2) is 5.48 Å². The molecule has 0 bridgehead atoms. The molecule has 1 fully saturated rings. The molecule has 2 heterocycles. The number of carbonyl (C=O) groups excluding carboxylic acids is 3. The number of fused-ring (bicyclic) bond motifs is 1. The minimum absolute atomic E-state index is 0.146. The SMILES string of the molecule is CC(C)C[C@@H](C(=O)N[C@H]1Cc2ccccc2CNC1=O)[C@@H](CN1CCOCC1)C(=O)NO. The molecule has 0 spiro atoms. The van der Waals surface area contributed by atoms with Crippen LogP contribution in [0.3, 0.4) is 0 Å². The molecular weight excluding hydrogens is 412 g/mol. The van der Waals surface area contributed by atoms with Gasteiger partial charge in [-0.15, -0.1) is 0 Å². The minimum atomic E-state index is -0.748. The van der Waals surface area contributed by atoms with Gasteiger partial charge in [-0.1, -0.05) is 38.1 Å². The molecule has 0 unspecified atom stereocenters. The van der Waals surface area contributed by atoms with Gasteiger partial charge in [0.15, 0.2) is 0 Å². The van der Waals surface area contributed by atoms with Crippen molar-refractivity contribution in [3.63, 3.8) is 0 Å². The van der Waals surface area contributed by atoms with E-state index in [-0.39, 0.29) is 17.7 Å². The van der Waals surface area contributed by atoms with Crippen LogP contribution in [0.1, 0.15) is 31.4 Å². The van der Waals surface area contributed by atoms with Gasteiger partial charge in [-0.3, -0.25) is 24.5 Å². The van der Waals surface area contributed by atoms with Crippen LogP contribution in [0.5, 0.6) is 0 Å². The van der Waals surface area contributed by atoms with E-state index in [1.165, 1.54) is 0 Å².